The van der Waals surface area contributed by atoms with Crippen LogP contribution in [0.15, 0.2) is 22.9 Å². The second kappa shape index (κ2) is 4.39. The maximum Gasteiger partial charge on any atom is 0.252 e. The first kappa shape index (κ1) is 11.4. The first-order valence-electron chi connectivity index (χ1n) is 5.25. The van der Waals surface area contributed by atoms with Gasteiger partial charge in [0.05, 0.1) is 0 Å². The molecule has 6 nitrogen and oxygen atoms in total. The van der Waals surface area contributed by atoms with Crippen LogP contribution < -0.4 is 5.73 Å². The fourth-order valence-electron chi connectivity index (χ4n) is 1.70. The summed E-state index contributed by atoms with van der Waals surface area (Å²) < 4.78 is 7.11. The number of furan rings is 1. The fourth-order valence-corrected chi connectivity index (χ4v) is 1.70. The highest BCUT2D eigenvalue weighted by Gasteiger charge is 2.23. The lowest BCUT2D eigenvalue weighted by atomic mass is 10.1. The predicted molar refractivity (Wildman–Crippen MR) is 60.0 cm³/mol. The van der Waals surface area contributed by atoms with E-state index >= 15 is 0 Å². The van der Waals surface area contributed by atoms with E-state index in [0.29, 0.717) is 5.76 Å². The number of nitrogens with zero attached hydrogens (tertiary/aromatic N) is 4. The van der Waals surface area contributed by atoms with Gasteiger partial charge in [-0.1, -0.05) is 0 Å². The molecule has 0 amide bonds. The van der Waals surface area contributed by atoms with Gasteiger partial charge in [-0.25, -0.2) is 9.67 Å². The molecule has 0 aromatic carbocycles. The van der Waals surface area contributed by atoms with Crippen LogP contribution in [0.4, 0.5) is 0 Å². The van der Waals surface area contributed by atoms with Gasteiger partial charge in [-0.05, 0) is 26.0 Å². The highest BCUT2D eigenvalue weighted by atomic mass is 16.3. The van der Waals surface area contributed by atoms with Gasteiger partial charge in [-0.15, -0.1) is 5.10 Å². The molecule has 0 aliphatic carbocycles. The first-order chi connectivity index (χ1) is 8.11. The van der Waals surface area contributed by atoms with Gasteiger partial charge in [0, 0.05) is 6.04 Å². The predicted octanol–water partition coefficient (Wildman–Crippen LogP) is 0.988. The van der Waals surface area contributed by atoms with Crippen molar-refractivity contribution >= 4 is 0 Å². The molecule has 6 heteroatoms. The largest absolute Gasteiger partial charge is 0.464 e. The first-order valence-corrected chi connectivity index (χ1v) is 5.25. The summed E-state index contributed by atoms with van der Waals surface area (Å²) in [6, 6.07) is 5.16. The monoisotopic (exact) mass is 231 g/mol. The van der Waals surface area contributed by atoms with Crippen LogP contribution in [0, 0.1) is 18.3 Å². The Hall–Kier alpha value is -2.13. The van der Waals surface area contributed by atoms with Crippen LogP contribution in [0.5, 0.6) is 0 Å². The Labute approximate surface area is 98.7 Å². The third-order valence-corrected chi connectivity index (χ3v) is 2.44. The van der Waals surface area contributed by atoms with Gasteiger partial charge >= 0.3 is 0 Å². The summed E-state index contributed by atoms with van der Waals surface area (Å²) in [6.07, 6.45) is 1.49. The van der Waals surface area contributed by atoms with E-state index in [1.54, 1.807) is 4.68 Å². The molecule has 17 heavy (non-hydrogen) atoms. The fraction of sp³-hybridized carbons (Fsp3) is 0.364. The van der Waals surface area contributed by atoms with Crippen molar-refractivity contribution in [3.8, 4) is 6.07 Å². The Kier molecular flexibility index (Phi) is 2.93. The quantitative estimate of drug-likeness (QED) is 0.850. The lowest BCUT2D eigenvalue weighted by molar-refractivity contribution is 0.359. The standard InChI is InChI=1S/C11H13N5O/c1-7-3-4-9(17-7)11(8(2)13)16-6-14-10(5-12)15-16/h3-4,6,8,11H,13H2,1-2H3. The van der Waals surface area contributed by atoms with Crippen LogP contribution in [-0.2, 0) is 0 Å². The Balaban J connectivity index is 2.39. The molecule has 0 aliphatic heterocycles. The van der Waals surface area contributed by atoms with Crippen molar-refractivity contribution in [2.45, 2.75) is 25.9 Å². The van der Waals surface area contributed by atoms with Gasteiger partial charge in [-0.3, -0.25) is 0 Å². The summed E-state index contributed by atoms with van der Waals surface area (Å²) in [5, 5.41) is 12.7. The topological polar surface area (TPSA) is 93.7 Å². The molecule has 0 radical (unpaired) electrons. The zero-order valence-corrected chi connectivity index (χ0v) is 9.66. The number of hydrogen-bond acceptors (Lipinski definition) is 5. The highest BCUT2D eigenvalue weighted by molar-refractivity contribution is 5.13. The molecule has 2 rings (SSSR count). The van der Waals surface area contributed by atoms with E-state index in [1.807, 2.05) is 32.0 Å². The second-order valence-corrected chi connectivity index (χ2v) is 3.91. The van der Waals surface area contributed by atoms with Crippen LogP contribution in [0.2, 0.25) is 0 Å². The molecular formula is C11H13N5O. The maximum absolute atomic E-state index is 8.70. The summed E-state index contributed by atoms with van der Waals surface area (Å²) in [4.78, 5) is 3.86. The van der Waals surface area contributed by atoms with Crippen LogP contribution in [0.1, 0.15) is 30.3 Å². The smallest absolute Gasteiger partial charge is 0.252 e. The molecule has 0 bridgehead atoms. The van der Waals surface area contributed by atoms with E-state index in [9.17, 15) is 0 Å². The van der Waals surface area contributed by atoms with Gasteiger partial charge in [-0.2, -0.15) is 5.26 Å². The summed E-state index contributed by atoms with van der Waals surface area (Å²) >= 11 is 0. The maximum atomic E-state index is 8.70. The zero-order valence-electron chi connectivity index (χ0n) is 9.66. The van der Waals surface area contributed by atoms with E-state index in [4.69, 9.17) is 15.4 Å². The van der Waals surface area contributed by atoms with E-state index in [2.05, 4.69) is 10.1 Å². The minimum atomic E-state index is -0.252. The summed E-state index contributed by atoms with van der Waals surface area (Å²) in [5.41, 5.74) is 5.93. The van der Waals surface area contributed by atoms with Crippen molar-refractivity contribution in [2.75, 3.05) is 0 Å². The van der Waals surface area contributed by atoms with E-state index in [1.165, 1.54) is 6.33 Å². The summed E-state index contributed by atoms with van der Waals surface area (Å²) in [7, 11) is 0. The third kappa shape index (κ3) is 2.19. The zero-order chi connectivity index (χ0) is 12.4. The lowest BCUT2D eigenvalue weighted by Crippen LogP contribution is -2.30. The molecule has 2 unspecified atom stereocenters. The Bertz CT molecular complexity index is 548. The minimum absolute atomic E-state index is 0.124. The molecule has 2 aromatic rings. The Morgan fingerprint density at radius 3 is 2.76 bits per heavy atom. The summed E-state index contributed by atoms with van der Waals surface area (Å²) in [6.45, 7) is 3.72. The number of hydrogen-bond donors (Lipinski definition) is 1. The molecule has 0 saturated carbocycles. The number of aryl methyl sites for hydroxylation is 1. The molecule has 2 heterocycles. The van der Waals surface area contributed by atoms with Crippen molar-refractivity contribution in [3.63, 3.8) is 0 Å². The molecule has 88 valence electrons. The van der Waals surface area contributed by atoms with Gasteiger partial charge < -0.3 is 10.2 Å². The Morgan fingerprint density at radius 1 is 1.53 bits per heavy atom. The van der Waals surface area contributed by atoms with Crippen LogP contribution in [-0.4, -0.2) is 20.8 Å². The van der Waals surface area contributed by atoms with Gasteiger partial charge in [0.25, 0.3) is 5.82 Å². The molecule has 0 spiro atoms. The van der Waals surface area contributed by atoms with E-state index in [0.717, 1.165) is 5.76 Å². The molecule has 0 saturated heterocycles. The van der Waals surface area contributed by atoms with Crippen molar-refractivity contribution in [3.05, 3.63) is 35.8 Å². The molecule has 2 atom stereocenters. The average molecular weight is 231 g/mol. The Morgan fingerprint density at radius 2 is 2.29 bits per heavy atom. The van der Waals surface area contributed by atoms with Crippen LogP contribution in [0.25, 0.3) is 0 Å². The van der Waals surface area contributed by atoms with E-state index < -0.39 is 0 Å². The van der Waals surface area contributed by atoms with Crippen molar-refractivity contribution in [1.82, 2.24) is 14.8 Å². The molecule has 2 aromatic heterocycles. The van der Waals surface area contributed by atoms with Gasteiger partial charge in [0.15, 0.2) is 0 Å². The van der Waals surface area contributed by atoms with Crippen molar-refractivity contribution < 1.29 is 4.42 Å². The lowest BCUT2D eigenvalue weighted by Gasteiger charge is -2.18. The summed E-state index contributed by atoms with van der Waals surface area (Å²) in [5.74, 6) is 1.65. The average Bonchev–Trinajstić information content (AvgIpc) is 2.88. The second-order valence-electron chi connectivity index (χ2n) is 3.91. The number of nitrogens with two attached hydrogens (primary N) is 1. The van der Waals surface area contributed by atoms with E-state index in [-0.39, 0.29) is 17.9 Å². The normalized spacial score (nSPS) is 14.2. The van der Waals surface area contributed by atoms with Gasteiger partial charge in [0.2, 0.25) is 0 Å². The SMILES string of the molecule is Cc1ccc(C(C(C)N)n2cnc(C#N)n2)o1. The third-order valence-electron chi connectivity index (χ3n) is 2.44. The molecule has 2 N–H and O–H groups in total. The molecule has 0 fully saturated rings. The molecule has 0 aliphatic rings. The number of aromatic nitrogens is 3. The van der Waals surface area contributed by atoms with Crippen LogP contribution in [0.3, 0.4) is 0 Å². The van der Waals surface area contributed by atoms with Gasteiger partial charge in [0.1, 0.15) is 30.0 Å². The van der Waals surface area contributed by atoms with Crippen LogP contribution >= 0.6 is 0 Å². The molecular weight excluding hydrogens is 218 g/mol. The number of nitriles is 1. The highest BCUT2D eigenvalue weighted by Crippen LogP contribution is 2.22. The van der Waals surface area contributed by atoms with Crippen molar-refractivity contribution in [2.24, 2.45) is 5.73 Å². The minimum Gasteiger partial charge on any atom is -0.464 e. The van der Waals surface area contributed by atoms with Crippen molar-refractivity contribution in [1.29, 1.82) is 5.26 Å². The number of rotatable bonds is 3.